The van der Waals surface area contributed by atoms with E-state index in [1.807, 2.05) is 6.92 Å². The number of carbonyl (C=O) groups is 2. The van der Waals surface area contributed by atoms with Gasteiger partial charge in [-0.1, -0.05) is 18.2 Å². The molecule has 140 valence electrons. The van der Waals surface area contributed by atoms with E-state index in [9.17, 15) is 14.7 Å². The van der Waals surface area contributed by atoms with Crippen LogP contribution in [-0.4, -0.2) is 34.8 Å². The smallest absolute Gasteiger partial charge is 0.254 e. The molecular weight excluding hydrogens is 344 g/mol. The standard InChI is InChI=1S/C21H22N2O4/c1-3-5-15-8-12(9-16(19(15)24)27-4-2)11-22-23-20(25)17-13-6-7-14(10-13)18(17)21(23)26/h3,6-9,11,13-14,17-18,24H,1,4-5,10H2,2H3/b22-11+. The fraction of sp³-hybridized carbons (Fsp3) is 0.381. The number of hydrogen-bond donors (Lipinski definition) is 1. The van der Waals surface area contributed by atoms with Crippen LogP contribution in [-0.2, 0) is 16.0 Å². The summed E-state index contributed by atoms with van der Waals surface area (Å²) in [6, 6.07) is 3.40. The van der Waals surface area contributed by atoms with Crippen LogP contribution in [0.2, 0.25) is 0 Å². The Morgan fingerprint density at radius 1 is 1.26 bits per heavy atom. The van der Waals surface area contributed by atoms with Crippen molar-refractivity contribution >= 4 is 18.0 Å². The molecular formula is C21H22N2O4. The van der Waals surface area contributed by atoms with Gasteiger partial charge in [0.2, 0.25) is 0 Å². The third-order valence-corrected chi connectivity index (χ3v) is 5.61. The molecule has 1 N–H and O–H groups in total. The van der Waals surface area contributed by atoms with Gasteiger partial charge in [-0.25, -0.2) is 0 Å². The maximum Gasteiger partial charge on any atom is 0.254 e. The van der Waals surface area contributed by atoms with Crippen LogP contribution in [0.4, 0.5) is 0 Å². The van der Waals surface area contributed by atoms with E-state index >= 15 is 0 Å². The number of phenols is 1. The molecule has 1 heterocycles. The highest BCUT2D eigenvalue weighted by Gasteiger charge is 2.59. The highest BCUT2D eigenvalue weighted by Crippen LogP contribution is 2.52. The monoisotopic (exact) mass is 366 g/mol. The van der Waals surface area contributed by atoms with Gasteiger partial charge in [-0.15, -0.1) is 6.58 Å². The second kappa shape index (κ2) is 6.68. The maximum atomic E-state index is 12.7. The molecule has 2 fully saturated rings. The number of ether oxygens (including phenoxy) is 1. The van der Waals surface area contributed by atoms with Gasteiger partial charge in [0.05, 0.1) is 24.7 Å². The predicted molar refractivity (Wildman–Crippen MR) is 100 cm³/mol. The molecule has 1 aromatic rings. The van der Waals surface area contributed by atoms with Gasteiger partial charge < -0.3 is 9.84 Å². The number of hydrogen-bond acceptors (Lipinski definition) is 5. The van der Waals surface area contributed by atoms with E-state index < -0.39 is 0 Å². The van der Waals surface area contributed by atoms with Gasteiger partial charge in [-0.05, 0) is 49.3 Å². The lowest BCUT2D eigenvalue weighted by Gasteiger charge is -2.13. The molecule has 27 heavy (non-hydrogen) atoms. The molecule has 1 saturated heterocycles. The van der Waals surface area contributed by atoms with E-state index in [4.69, 9.17) is 4.74 Å². The number of nitrogens with zero attached hydrogens (tertiary/aromatic N) is 2. The molecule has 4 atom stereocenters. The zero-order valence-corrected chi connectivity index (χ0v) is 15.2. The third kappa shape index (κ3) is 2.76. The van der Waals surface area contributed by atoms with Gasteiger partial charge in [0.1, 0.15) is 0 Å². The SMILES string of the molecule is C=CCc1cc(/C=N/N2C(=O)C3C4C=CC(C4)C3C2=O)cc(OCC)c1O. The molecule has 0 radical (unpaired) electrons. The van der Waals surface area contributed by atoms with Gasteiger partial charge in [-0.3, -0.25) is 9.59 Å². The lowest BCUT2D eigenvalue weighted by Crippen LogP contribution is -2.28. The third-order valence-electron chi connectivity index (χ3n) is 5.61. The van der Waals surface area contributed by atoms with E-state index in [-0.39, 0.29) is 41.2 Å². The predicted octanol–water partition coefficient (Wildman–Crippen LogP) is 2.66. The van der Waals surface area contributed by atoms with Gasteiger partial charge in [0, 0.05) is 5.56 Å². The van der Waals surface area contributed by atoms with Crippen molar-refractivity contribution < 1.29 is 19.4 Å². The minimum atomic E-state index is -0.264. The Bertz CT molecular complexity index is 843. The number of rotatable bonds is 6. The zero-order chi connectivity index (χ0) is 19.1. The number of amides is 2. The Morgan fingerprint density at radius 2 is 1.93 bits per heavy atom. The van der Waals surface area contributed by atoms with Crippen LogP contribution in [0.15, 0.2) is 42.0 Å². The summed E-state index contributed by atoms with van der Waals surface area (Å²) in [4.78, 5) is 25.4. The number of hydrazone groups is 1. The molecule has 2 bridgehead atoms. The summed E-state index contributed by atoms with van der Waals surface area (Å²) in [6.07, 6.45) is 8.63. The lowest BCUT2D eigenvalue weighted by atomic mass is 9.85. The number of imide groups is 1. The number of phenolic OH excluding ortho intramolecular Hbond substituents is 1. The fourth-order valence-electron chi connectivity index (χ4n) is 4.47. The topological polar surface area (TPSA) is 79.2 Å². The van der Waals surface area contributed by atoms with Crippen LogP contribution in [0, 0.1) is 23.7 Å². The normalized spacial score (nSPS) is 28.4. The Balaban J connectivity index is 1.60. The molecule has 2 amide bonds. The molecule has 4 rings (SSSR count). The second-order valence-electron chi connectivity index (χ2n) is 7.19. The maximum absolute atomic E-state index is 12.7. The molecule has 2 aliphatic carbocycles. The zero-order valence-electron chi connectivity index (χ0n) is 15.2. The van der Waals surface area contributed by atoms with Crippen molar-refractivity contribution in [3.05, 3.63) is 48.1 Å². The van der Waals surface area contributed by atoms with E-state index in [1.165, 1.54) is 6.21 Å². The highest BCUT2D eigenvalue weighted by atomic mass is 16.5. The second-order valence-corrected chi connectivity index (χ2v) is 7.19. The van der Waals surface area contributed by atoms with Crippen molar-refractivity contribution in [3.63, 3.8) is 0 Å². The Morgan fingerprint density at radius 3 is 2.52 bits per heavy atom. The molecule has 6 heteroatoms. The van der Waals surface area contributed by atoms with E-state index in [0.717, 1.165) is 11.4 Å². The number of aromatic hydroxyl groups is 1. The van der Waals surface area contributed by atoms with Crippen molar-refractivity contribution in [2.45, 2.75) is 19.8 Å². The number of benzene rings is 1. The summed E-state index contributed by atoms with van der Waals surface area (Å²) in [6.45, 7) is 5.93. The summed E-state index contributed by atoms with van der Waals surface area (Å²) in [7, 11) is 0. The van der Waals surface area contributed by atoms with E-state index in [2.05, 4.69) is 23.8 Å². The first-order valence-electron chi connectivity index (χ1n) is 9.24. The molecule has 1 aromatic carbocycles. The van der Waals surface area contributed by atoms with Gasteiger partial charge in [0.25, 0.3) is 11.8 Å². The van der Waals surface area contributed by atoms with Crippen LogP contribution in [0.1, 0.15) is 24.5 Å². The first-order chi connectivity index (χ1) is 13.0. The highest BCUT2D eigenvalue weighted by molar-refractivity contribution is 6.06. The molecule has 0 aromatic heterocycles. The molecule has 0 spiro atoms. The van der Waals surface area contributed by atoms with Crippen LogP contribution in [0.25, 0.3) is 0 Å². The fourth-order valence-corrected chi connectivity index (χ4v) is 4.47. The first-order valence-corrected chi connectivity index (χ1v) is 9.24. The molecule has 3 aliphatic rings. The quantitative estimate of drug-likeness (QED) is 0.477. The summed E-state index contributed by atoms with van der Waals surface area (Å²) in [5.74, 6) is -0.222. The molecule has 1 aliphatic heterocycles. The molecule has 6 nitrogen and oxygen atoms in total. The molecule has 1 saturated carbocycles. The number of fused-ring (bicyclic) bond motifs is 5. The summed E-state index contributed by atoms with van der Waals surface area (Å²) in [5.41, 5.74) is 1.29. The summed E-state index contributed by atoms with van der Waals surface area (Å²) < 4.78 is 5.47. The van der Waals surface area contributed by atoms with Gasteiger partial charge in [0.15, 0.2) is 11.5 Å². The van der Waals surface area contributed by atoms with Crippen molar-refractivity contribution in [1.29, 1.82) is 0 Å². The number of allylic oxidation sites excluding steroid dienone is 3. The minimum Gasteiger partial charge on any atom is -0.504 e. The van der Waals surface area contributed by atoms with Crippen LogP contribution in [0.3, 0.4) is 0 Å². The van der Waals surface area contributed by atoms with Crippen molar-refractivity contribution in [3.8, 4) is 11.5 Å². The van der Waals surface area contributed by atoms with Crippen molar-refractivity contribution in [2.75, 3.05) is 6.61 Å². The van der Waals surface area contributed by atoms with Crippen molar-refractivity contribution in [2.24, 2.45) is 28.8 Å². The Kier molecular flexibility index (Phi) is 4.34. The summed E-state index contributed by atoms with van der Waals surface area (Å²) >= 11 is 0. The lowest BCUT2D eigenvalue weighted by molar-refractivity contribution is -0.140. The Hall–Kier alpha value is -2.89. The van der Waals surface area contributed by atoms with E-state index in [1.54, 1.807) is 18.2 Å². The average Bonchev–Trinajstić information content (AvgIpc) is 3.32. The largest absolute Gasteiger partial charge is 0.504 e. The minimum absolute atomic E-state index is 0.0689. The van der Waals surface area contributed by atoms with Crippen LogP contribution in [0.5, 0.6) is 11.5 Å². The first kappa shape index (κ1) is 17.5. The van der Waals surface area contributed by atoms with Crippen molar-refractivity contribution in [1.82, 2.24) is 5.01 Å². The summed E-state index contributed by atoms with van der Waals surface area (Å²) in [5, 5.41) is 15.5. The number of carbonyl (C=O) groups excluding carboxylic acids is 2. The average molecular weight is 366 g/mol. The van der Waals surface area contributed by atoms with E-state index in [0.29, 0.717) is 29.9 Å². The van der Waals surface area contributed by atoms with Crippen LogP contribution >= 0.6 is 0 Å². The Labute approximate surface area is 157 Å². The van der Waals surface area contributed by atoms with Crippen LogP contribution < -0.4 is 4.74 Å². The van der Waals surface area contributed by atoms with Gasteiger partial charge in [-0.2, -0.15) is 10.1 Å². The molecule has 4 unspecified atom stereocenters. The van der Waals surface area contributed by atoms with Gasteiger partial charge >= 0.3 is 0 Å².